The zero-order valence-corrected chi connectivity index (χ0v) is 16.1. The number of hydrogen-bond acceptors (Lipinski definition) is 5. The summed E-state index contributed by atoms with van der Waals surface area (Å²) in [5, 5.41) is 0. The maximum atomic E-state index is 14.4. The number of ether oxygens (including phenoxy) is 2. The molecule has 3 aromatic rings. The van der Waals surface area contributed by atoms with Gasteiger partial charge in [0, 0.05) is 23.4 Å². The Morgan fingerprint density at radius 2 is 1.97 bits per heavy atom. The minimum atomic E-state index is -4.91. The van der Waals surface area contributed by atoms with Gasteiger partial charge >= 0.3 is 12.5 Å². The van der Waals surface area contributed by atoms with Gasteiger partial charge in [0.15, 0.2) is 0 Å². The van der Waals surface area contributed by atoms with Crippen LogP contribution in [0, 0.1) is 12.7 Å². The van der Waals surface area contributed by atoms with Crippen LogP contribution in [0.2, 0.25) is 0 Å². The fraction of sp³-hybridized carbons (Fsp3) is 0.190. The second-order valence-corrected chi connectivity index (χ2v) is 6.83. The van der Waals surface area contributed by atoms with Crippen molar-refractivity contribution >= 4 is 6.09 Å². The summed E-state index contributed by atoms with van der Waals surface area (Å²) in [4.78, 5) is 22.0. The Morgan fingerprint density at radius 3 is 2.68 bits per heavy atom. The van der Waals surface area contributed by atoms with E-state index in [-0.39, 0.29) is 18.7 Å². The molecule has 0 bridgehead atoms. The molecule has 1 amide bonds. The molecule has 1 aliphatic heterocycles. The first kappa shape index (κ1) is 20.6. The Morgan fingerprint density at radius 1 is 1.16 bits per heavy atom. The molecule has 0 saturated heterocycles. The summed E-state index contributed by atoms with van der Waals surface area (Å²) in [7, 11) is 0. The van der Waals surface area contributed by atoms with E-state index in [1.165, 1.54) is 23.1 Å². The molecule has 6 nitrogen and oxygen atoms in total. The predicted molar refractivity (Wildman–Crippen MR) is 101 cm³/mol. The third kappa shape index (κ3) is 4.73. The number of rotatable bonds is 4. The van der Waals surface area contributed by atoms with Gasteiger partial charge in [-0.15, -0.1) is 13.2 Å². The van der Waals surface area contributed by atoms with E-state index in [2.05, 4.69) is 14.7 Å². The van der Waals surface area contributed by atoms with Crippen LogP contribution in [0.3, 0.4) is 0 Å². The van der Waals surface area contributed by atoms with Gasteiger partial charge in [-0.2, -0.15) is 0 Å². The number of halogens is 4. The molecule has 0 saturated carbocycles. The number of aromatic nitrogens is 2. The van der Waals surface area contributed by atoms with Crippen molar-refractivity contribution in [2.45, 2.75) is 26.4 Å². The molecular weight excluding hydrogens is 418 g/mol. The first-order chi connectivity index (χ1) is 14.7. The van der Waals surface area contributed by atoms with Crippen LogP contribution in [0.15, 0.2) is 48.7 Å². The molecule has 0 aliphatic carbocycles. The predicted octanol–water partition coefficient (Wildman–Crippen LogP) is 5.00. The second kappa shape index (κ2) is 7.86. The highest BCUT2D eigenvalue weighted by molar-refractivity contribution is 5.75. The van der Waals surface area contributed by atoms with Gasteiger partial charge in [-0.1, -0.05) is 6.07 Å². The molecule has 0 N–H and O–H groups in total. The van der Waals surface area contributed by atoms with Crippen LogP contribution in [0.1, 0.15) is 17.1 Å². The number of carbonyl (C=O) groups excluding carboxylic acids is 1. The van der Waals surface area contributed by atoms with Crippen molar-refractivity contribution in [3.63, 3.8) is 0 Å². The van der Waals surface area contributed by atoms with Crippen molar-refractivity contribution in [3.8, 4) is 22.6 Å². The summed E-state index contributed by atoms with van der Waals surface area (Å²) in [6.07, 6.45) is -3.86. The number of nitrogens with zero attached hydrogens (tertiary/aromatic N) is 3. The number of carbonyl (C=O) groups is 1. The molecule has 2 aromatic carbocycles. The van der Waals surface area contributed by atoms with E-state index in [1.54, 1.807) is 25.3 Å². The molecule has 31 heavy (non-hydrogen) atoms. The average molecular weight is 433 g/mol. The van der Waals surface area contributed by atoms with Gasteiger partial charge in [-0.3, -0.25) is 4.90 Å². The summed E-state index contributed by atoms with van der Waals surface area (Å²) in [6.45, 7) is 2.13. The smallest absolute Gasteiger partial charge is 0.410 e. The summed E-state index contributed by atoms with van der Waals surface area (Å²) >= 11 is 0. The molecule has 2 heterocycles. The van der Waals surface area contributed by atoms with Crippen LogP contribution in [0.25, 0.3) is 11.1 Å². The number of fused-ring (bicyclic) bond motifs is 1. The molecular formula is C21H15F4N3O3. The van der Waals surface area contributed by atoms with Crippen LogP contribution < -0.4 is 9.47 Å². The molecule has 0 atom stereocenters. The molecule has 0 unspecified atom stereocenters. The summed E-state index contributed by atoms with van der Waals surface area (Å²) in [5.74, 6) is -0.616. The quantitative estimate of drug-likeness (QED) is 0.542. The Labute approximate surface area is 174 Å². The number of alkyl halides is 3. The Bertz CT molecular complexity index is 1150. The van der Waals surface area contributed by atoms with Crippen molar-refractivity contribution in [2.75, 3.05) is 0 Å². The van der Waals surface area contributed by atoms with Crippen molar-refractivity contribution < 1.29 is 31.8 Å². The van der Waals surface area contributed by atoms with E-state index >= 15 is 0 Å². The summed E-state index contributed by atoms with van der Waals surface area (Å²) in [5.41, 5.74) is 1.77. The molecule has 160 valence electrons. The molecule has 4 rings (SSSR count). The molecule has 0 radical (unpaired) electrons. The Kier molecular flexibility index (Phi) is 5.22. The fourth-order valence-electron chi connectivity index (χ4n) is 3.24. The van der Waals surface area contributed by atoms with E-state index in [1.807, 2.05) is 0 Å². The average Bonchev–Trinajstić information content (AvgIpc) is 2.67. The maximum Gasteiger partial charge on any atom is 0.573 e. The summed E-state index contributed by atoms with van der Waals surface area (Å²) < 4.78 is 60.5. The Balaban J connectivity index is 1.58. The highest BCUT2D eigenvalue weighted by atomic mass is 19.4. The van der Waals surface area contributed by atoms with E-state index in [0.717, 1.165) is 6.07 Å². The molecule has 1 aliphatic rings. The molecule has 0 fully saturated rings. The lowest BCUT2D eigenvalue weighted by molar-refractivity contribution is -0.274. The van der Waals surface area contributed by atoms with E-state index in [0.29, 0.717) is 34.5 Å². The van der Waals surface area contributed by atoms with Crippen molar-refractivity contribution in [3.05, 3.63) is 71.6 Å². The van der Waals surface area contributed by atoms with E-state index < -0.39 is 24.0 Å². The lowest BCUT2D eigenvalue weighted by Crippen LogP contribution is -2.36. The van der Waals surface area contributed by atoms with Gasteiger partial charge < -0.3 is 9.47 Å². The Hall–Kier alpha value is -3.69. The number of benzene rings is 2. The van der Waals surface area contributed by atoms with Gasteiger partial charge in [0.05, 0.1) is 18.8 Å². The van der Waals surface area contributed by atoms with Crippen LogP contribution >= 0.6 is 0 Å². The van der Waals surface area contributed by atoms with E-state index in [9.17, 15) is 22.4 Å². The van der Waals surface area contributed by atoms with Gasteiger partial charge in [-0.25, -0.2) is 19.2 Å². The number of aryl methyl sites for hydroxylation is 1. The van der Waals surface area contributed by atoms with Gasteiger partial charge in [-0.05, 0) is 42.8 Å². The lowest BCUT2D eigenvalue weighted by Gasteiger charge is -2.28. The normalized spacial score (nSPS) is 13.6. The van der Waals surface area contributed by atoms with Crippen LogP contribution in [-0.4, -0.2) is 27.3 Å². The lowest BCUT2D eigenvalue weighted by atomic mass is 10.0. The highest BCUT2D eigenvalue weighted by Crippen LogP contribution is 2.34. The van der Waals surface area contributed by atoms with Crippen LogP contribution in [0.5, 0.6) is 11.5 Å². The zero-order valence-electron chi connectivity index (χ0n) is 16.1. The zero-order chi connectivity index (χ0) is 22.2. The third-order valence-corrected chi connectivity index (χ3v) is 4.55. The van der Waals surface area contributed by atoms with E-state index in [4.69, 9.17) is 4.74 Å². The summed E-state index contributed by atoms with van der Waals surface area (Å²) in [6, 6.07) is 9.27. The fourth-order valence-corrected chi connectivity index (χ4v) is 3.24. The van der Waals surface area contributed by atoms with Crippen LogP contribution in [-0.2, 0) is 13.1 Å². The topological polar surface area (TPSA) is 64.6 Å². The minimum Gasteiger partial charge on any atom is -0.410 e. The molecule has 10 heteroatoms. The van der Waals surface area contributed by atoms with Gasteiger partial charge in [0.1, 0.15) is 23.1 Å². The van der Waals surface area contributed by atoms with Crippen molar-refractivity contribution in [2.24, 2.45) is 0 Å². The van der Waals surface area contributed by atoms with Gasteiger partial charge in [0.2, 0.25) is 0 Å². The van der Waals surface area contributed by atoms with Crippen molar-refractivity contribution in [1.82, 2.24) is 14.9 Å². The van der Waals surface area contributed by atoms with Crippen molar-refractivity contribution in [1.29, 1.82) is 0 Å². The first-order valence-electron chi connectivity index (χ1n) is 9.12. The van der Waals surface area contributed by atoms with Gasteiger partial charge in [0.25, 0.3) is 0 Å². The standard InChI is InChI=1S/C21H15F4N3O3/c1-12-26-7-6-15(27-12)11-28-10-14-8-13(2-5-19(14)30-20(28)29)17-4-3-16(9-18(17)22)31-21(23,24)25/h2-9H,10-11H2,1H3. The van der Waals surface area contributed by atoms with Crippen LogP contribution in [0.4, 0.5) is 22.4 Å². The third-order valence-electron chi connectivity index (χ3n) is 4.55. The minimum absolute atomic E-state index is 0.0900. The monoisotopic (exact) mass is 433 g/mol. The largest absolute Gasteiger partial charge is 0.573 e. The maximum absolute atomic E-state index is 14.4. The number of amides is 1. The first-order valence-corrected chi connectivity index (χ1v) is 9.12. The molecule has 1 aromatic heterocycles. The molecule has 0 spiro atoms. The highest BCUT2D eigenvalue weighted by Gasteiger charge is 2.31. The second-order valence-electron chi connectivity index (χ2n) is 6.83. The number of hydrogen-bond donors (Lipinski definition) is 0. The SMILES string of the molecule is Cc1nccc(CN2Cc3cc(-c4ccc(OC(F)(F)F)cc4F)ccc3OC2=O)n1.